The first-order chi connectivity index (χ1) is 11.8. The second kappa shape index (κ2) is 5.73. The standard InChI is InChI=1S/C18H14N2S4/c1-19-13-9-5-3-7-11(13)15-16-12-8-4-6-10-14(12)20(2)18(16)22-24-23-21-17(15)19/h3-10H,1-2H3. The number of hydrogen-bond donors (Lipinski definition) is 0. The average Bonchev–Trinajstić information content (AvgIpc) is 3.01. The van der Waals surface area contributed by atoms with Gasteiger partial charge >= 0.3 is 0 Å². The Kier molecular flexibility index (Phi) is 3.63. The predicted molar refractivity (Wildman–Crippen MR) is 112 cm³/mol. The highest BCUT2D eigenvalue weighted by molar-refractivity contribution is 9.26. The van der Waals surface area contributed by atoms with Crippen LogP contribution >= 0.6 is 41.2 Å². The van der Waals surface area contributed by atoms with Crippen LogP contribution in [0.2, 0.25) is 0 Å². The molecule has 2 nitrogen and oxygen atoms in total. The van der Waals surface area contributed by atoms with Crippen LogP contribution in [-0.4, -0.2) is 9.13 Å². The average molecular weight is 387 g/mol. The maximum Gasteiger partial charge on any atom is 0.0953 e. The summed E-state index contributed by atoms with van der Waals surface area (Å²) in [5.41, 5.74) is 5.35. The summed E-state index contributed by atoms with van der Waals surface area (Å²) in [6, 6.07) is 17.5. The van der Waals surface area contributed by atoms with Gasteiger partial charge < -0.3 is 9.13 Å². The second-order valence-corrected chi connectivity index (χ2v) is 11.5. The van der Waals surface area contributed by atoms with E-state index < -0.39 is 0 Å². The summed E-state index contributed by atoms with van der Waals surface area (Å²) in [5.74, 6) is 0. The summed E-state index contributed by atoms with van der Waals surface area (Å²) >= 11 is 0. The Balaban J connectivity index is 2.01. The van der Waals surface area contributed by atoms with Crippen LogP contribution in [0.15, 0.2) is 58.6 Å². The molecule has 0 saturated heterocycles. The lowest BCUT2D eigenvalue weighted by Crippen LogP contribution is -1.91. The van der Waals surface area contributed by atoms with Crippen LogP contribution < -0.4 is 0 Å². The van der Waals surface area contributed by atoms with Gasteiger partial charge in [-0.3, -0.25) is 0 Å². The molecule has 0 fully saturated rings. The van der Waals surface area contributed by atoms with Crippen molar-refractivity contribution >= 4 is 63.0 Å². The van der Waals surface area contributed by atoms with Gasteiger partial charge in [0.05, 0.1) is 10.1 Å². The lowest BCUT2D eigenvalue weighted by molar-refractivity contribution is 0.855. The summed E-state index contributed by atoms with van der Waals surface area (Å²) in [4.78, 5) is 0. The molecule has 0 radical (unpaired) electrons. The Morgan fingerprint density at radius 2 is 1.04 bits per heavy atom. The topological polar surface area (TPSA) is 9.86 Å². The van der Waals surface area contributed by atoms with E-state index in [1.54, 1.807) is 0 Å². The Morgan fingerprint density at radius 3 is 1.50 bits per heavy atom. The third-order valence-corrected chi connectivity index (χ3v) is 10.8. The molecule has 2 aromatic heterocycles. The van der Waals surface area contributed by atoms with Crippen molar-refractivity contribution in [3.63, 3.8) is 0 Å². The summed E-state index contributed by atoms with van der Waals surface area (Å²) in [7, 11) is 11.8. The molecular weight excluding hydrogens is 372 g/mol. The monoisotopic (exact) mass is 386 g/mol. The molecule has 1 aliphatic heterocycles. The Morgan fingerprint density at radius 1 is 0.625 bits per heavy atom. The minimum Gasteiger partial charge on any atom is -0.338 e. The first-order valence-corrected chi connectivity index (χ1v) is 12.4. The predicted octanol–water partition coefficient (Wildman–Crippen LogP) is 6.75. The quantitative estimate of drug-likeness (QED) is 0.309. The highest BCUT2D eigenvalue weighted by atomic mass is 33.7. The smallest absolute Gasteiger partial charge is 0.0953 e. The van der Waals surface area contributed by atoms with Crippen molar-refractivity contribution < 1.29 is 0 Å². The summed E-state index contributed by atoms with van der Waals surface area (Å²) in [6.45, 7) is 0. The maximum absolute atomic E-state index is 2.34. The van der Waals surface area contributed by atoms with Gasteiger partial charge in [-0.05, 0) is 53.4 Å². The first-order valence-electron chi connectivity index (χ1n) is 7.60. The van der Waals surface area contributed by atoms with E-state index in [1.165, 1.54) is 43.0 Å². The molecule has 0 spiro atoms. The van der Waals surface area contributed by atoms with Crippen LogP contribution in [0.1, 0.15) is 0 Å². The molecule has 0 atom stereocenters. The van der Waals surface area contributed by atoms with Gasteiger partial charge in [0.15, 0.2) is 0 Å². The summed E-state index contributed by atoms with van der Waals surface area (Å²) in [5, 5.41) is 5.36. The van der Waals surface area contributed by atoms with Crippen molar-refractivity contribution in [2.75, 3.05) is 0 Å². The van der Waals surface area contributed by atoms with Gasteiger partial charge in [-0.15, -0.1) is 0 Å². The normalized spacial score (nSPS) is 14.4. The Hall–Kier alpha value is -1.08. The van der Waals surface area contributed by atoms with Crippen LogP contribution in [0.5, 0.6) is 0 Å². The number of rotatable bonds is 0. The van der Waals surface area contributed by atoms with Gasteiger partial charge in [0.25, 0.3) is 0 Å². The van der Waals surface area contributed by atoms with E-state index in [0.717, 1.165) is 0 Å². The Labute approximate surface area is 155 Å². The van der Waals surface area contributed by atoms with Crippen LogP contribution in [0.25, 0.3) is 32.9 Å². The van der Waals surface area contributed by atoms with E-state index in [9.17, 15) is 0 Å². The number of aromatic nitrogens is 2. The molecule has 1 aliphatic rings. The minimum atomic E-state index is 1.30. The maximum atomic E-state index is 2.34. The van der Waals surface area contributed by atoms with Gasteiger partial charge in [0.2, 0.25) is 0 Å². The van der Waals surface area contributed by atoms with Crippen LogP contribution in [0.4, 0.5) is 0 Å². The molecule has 6 heteroatoms. The third-order valence-electron chi connectivity index (χ3n) is 4.61. The van der Waals surface area contributed by atoms with Crippen molar-refractivity contribution in [2.45, 2.75) is 10.1 Å². The molecule has 0 bridgehead atoms. The highest BCUT2D eigenvalue weighted by Gasteiger charge is 2.26. The molecule has 3 heterocycles. The van der Waals surface area contributed by atoms with Gasteiger partial charge in [0.1, 0.15) is 0 Å². The number of aryl methyl sites for hydroxylation is 2. The highest BCUT2D eigenvalue weighted by Crippen LogP contribution is 2.59. The van der Waals surface area contributed by atoms with Crippen LogP contribution in [0, 0.1) is 0 Å². The number of hydrogen-bond acceptors (Lipinski definition) is 4. The van der Waals surface area contributed by atoms with Gasteiger partial charge in [-0.2, -0.15) is 0 Å². The fraction of sp³-hybridized carbons (Fsp3) is 0.111. The fourth-order valence-electron chi connectivity index (χ4n) is 3.51. The zero-order valence-electron chi connectivity index (χ0n) is 13.1. The lowest BCUT2D eigenvalue weighted by atomic mass is 10.0. The van der Waals surface area contributed by atoms with Crippen molar-refractivity contribution in [3.05, 3.63) is 48.5 Å². The number of fused-ring (bicyclic) bond motifs is 7. The van der Waals surface area contributed by atoms with Crippen molar-refractivity contribution in [2.24, 2.45) is 14.1 Å². The number of para-hydroxylation sites is 2. The molecule has 0 saturated carbocycles. The molecule has 0 aliphatic carbocycles. The zero-order valence-corrected chi connectivity index (χ0v) is 16.4. The molecule has 0 unspecified atom stereocenters. The number of benzene rings is 2. The lowest BCUT2D eigenvalue weighted by Gasteiger charge is -2.12. The first kappa shape index (κ1) is 15.2. The molecule has 24 heavy (non-hydrogen) atoms. The molecule has 2 aromatic carbocycles. The molecule has 4 aromatic rings. The van der Waals surface area contributed by atoms with Crippen LogP contribution in [0.3, 0.4) is 0 Å². The molecule has 120 valence electrons. The van der Waals surface area contributed by atoms with Crippen molar-refractivity contribution in [1.29, 1.82) is 0 Å². The zero-order chi connectivity index (χ0) is 16.3. The molecule has 0 N–H and O–H groups in total. The fourth-order valence-corrected chi connectivity index (χ4v) is 9.59. The summed E-state index contributed by atoms with van der Waals surface area (Å²) in [6.07, 6.45) is 0. The molecule has 0 amide bonds. The van der Waals surface area contributed by atoms with Gasteiger partial charge in [-0.25, -0.2) is 0 Å². The molecular formula is C18H14N2S4. The third kappa shape index (κ3) is 2.03. The van der Waals surface area contributed by atoms with E-state index in [-0.39, 0.29) is 0 Å². The van der Waals surface area contributed by atoms with Crippen molar-refractivity contribution in [1.82, 2.24) is 9.13 Å². The van der Waals surface area contributed by atoms with Crippen LogP contribution in [-0.2, 0) is 14.1 Å². The minimum absolute atomic E-state index is 1.30. The van der Waals surface area contributed by atoms with E-state index in [2.05, 4.69) is 71.8 Å². The Bertz CT molecular complexity index is 1010. The van der Waals surface area contributed by atoms with E-state index >= 15 is 0 Å². The second-order valence-electron chi connectivity index (χ2n) is 5.82. The van der Waals surface area contributed by atoms with Gasteiger partial charge in [-0.1, -0.05) is 36.4 Å². The van der Waals surface area contributed by atoms with E-state index in [0.29, 0.717) is 0 Å². The van der Waals surface area contributed by atoms with E-state index in [1.807, 2.05) is 41.2 Å². The SMILES string of the molecule is Cn1c2c(c3ccccc31)-c1c(n(C)c3ccccc13)SSSS2. The molecule has 5 rings (SSSR count). The van der Waals surface area contributed by atoms with E-state index in [4.69, 9.17) is 0 Å². The largest absolute Gasteiger partial charge is 0.338 e. The summed E-state index contributed by atoms with van der Waals surface area (Å²) < 4.78 is 4.68. The van der Waals surface area contributed by atoms with Crippen molar-refractivity contribution in [3.8, 4) is 11.1 Å². The van der Waals surface area contributed by atoms with Gasteiger partial charge in [0, 0.05) is 47.0 Å². The number of nitrogens with zero attached hydrogens (tertiary/aromatic N) is 2.